The number of carbonyl (C=O) groups excluding carboxylic acids is 1. The maximum absolute atomic E-state index is 12.8. The van der Waals surface area contributed by atoms with Gasteiger partial charge < -0.3 is 20.5 Å². The third-order valence-corrected chi connectivity index (χ3v) is 5.76. The SMILES string of the molecule is Cc1ccc([C@@H](CO)NC(=O)c2ccc3cnc(NC4CCOC4)cc3c2)cc1Cl. The molecular formula is C23H24ClN3O3. The molecule has 0 bridgehead atoms. The van der Waals surface area contributed by atoms with Crippen LogP contribution < -0.4 is 10.6 Å². The Labute approximate surface area is 180 Å². The molecule has 3 N–H and O–H groups in total. The van der Waals surface area contributed by atoms with Gasteiger partial charge in [-0.3, -0.25) is 4.79 Å². The molecule has 0 aliphatic carbocycles. The second-order valence-corrected chi connectivity index (χ2v) is 7.96. The molecule has 1 saturated heterocycles. The summed E-state index contributed by atoms with van der Waals surface area (Å²) in [5.41, 5.74) is 2.22. The quantitative estimate of drug-likeness (QED) is 0.558. The van der Waals surface area contributed by atoms with Gasteiger partial charge in [-0.2, -0.15) is 0 Å². The lowest BCUT2D eigenvalue weighted by atomic mass is 10.0. The normalized spacial score (nSPS) is 17.1. The summed E-state index contributed by atoms with van der Waals surface area (Å²) in [6.07, 6.45) is 2.74. The second-order valence-electron chi connectivity index (χ2n) is 7.55. The summed E-state index contributed by atoms with van der Waals surface area (Å²) < 4.78 is 5.39. The van der Waals surface area contributed by atoms with Crippen molar-refractivity contribution in [2.24, 2.45) is 0 Å². The summed E-state index contributed by atoms with van der Waals surface area (Å²) in [5.74, 6) is 0.501. The minimum Gasteiger partial charge on any atom is -0.394 e. The van der Waals surface area contributed by atoms with Crippen LogP contribution in [0.1, 0.15) is 33.9 Å². The Hall–Kier alpha value is -2.67. The lowest BCUT2D eigenvalue weighted by Gasteiger charge is -2.18. The number of benzene rings is 2. The molecule has 2 aromatic carbocycles. The molecular weight excluding hydrogens is 402 g/mol. The third kappa shape index (κ3) is 4.56. The Morgan fingerprint density at radius 1 is 1.27 bits per heavy atom. The molecule has 156 valence electrons. The molecule has 0 saturated carbocycles. The van der Waals surface area contributed by atoms with Gasteiger partial charge in [0.15, 0.2) is 0 Å². The maximum atomic E-state index is 12.8. The number of ether oxygens (including phenoxy) is 1. The highest BCUT2D eigenvalue weighted by molar-refractivity contribution is 6.31. The average molecular weight is 426 g/mol. The molecule has 1 fully saturated rings. The number of fused-ring (bicyclic) bond motifs is 1. The van der Waals surface area contributed by atoms with Crippen molar-refractivity contribution in [1.29, 1.82) is 0 Å². The predicted molar refractivity (Wildman–Crippen MR) is 118 cm³/mol. The molecule has 1 unspecified atom stereocenters. The standard InChI is InChI=1S/C23H24ClN3O3/c1-14-2-3-15(9-20(14)24)21(12-28)27-23(29)16-4-5-17-11-25-22(10-18(17)8-16)26-19-6-7-30-13-19/h2-5,8-11,19,21,28H,6-7,12-13H2,1H3,(H,25,26)(H,27,29)/t19?,21-/m1/s1. The van der Waals surface area contributed by atoms with Crippen molar-refractivity contribution in [2.75, 3.05) is 25.1 Å². The van der Waals surface area contributed by atoms with Crippen LogP contribution in [0.15, 0.2) is 48.7 Å². The highest BCUT2D eigenvalue weighted by Gasteiger charge is 2.18. The molecule has 7 heteroatoms. The molecule has 2 atom stereocenters. The van der Waals surface area contributed by atoms with Crippen molar-refractivity contribution in [2.45, 2.75) is 25.4 Å². The summed E-state index contributed by atoms with van der Waals surface area (Å²) in [5, 5.41) is 18.5. The van der Waals surface area contributed by atoms with Gasteiger partial charge in [0.2, 0.25) is 0 Å². The number of carbonyl (C=O) groups is 1. The topological polar surface area (TPSA) is 83.5 Å². The Balaban J connectivity index is 1.53. The second kappa shape index (κ2) is 9.00. The van der Waals surface area contributed by atoms with E-state index in [-0.39, 0.29) is 18.6 Å². The number of hydrogen-bond acceptors (Lipinski definition) is 5. The molecule has 4 rings (SSSR count). The molecule has 1 aromatic heterocycles. The number of aliphatic hydroxyl groups excluding tert-OH is 1. The van der Waals surface area contributed by atoms with Gasteiger partial charge in [-0.1, -0.05) is 29.8 Å². The van der Waals surface area contributed by atoms with E-state index in [1.54, 1.807) is 18.3 Å². The van der Waals surface area contributed by atoms with Gasteiger partial charge in [0.25, 0.3) is 5.91 Å². The minimum atomic E-state index is -0.539. The van der Waals surface area contributed by atoms with Crippen LogP contribution in [0.2, 0.25) is 5.02 Å². The number of hydrogen-bond donors (Lipinski definition) is 3. The first-order valence-electron chi connectivity index (χ1n) is 9.95. The predicted octanol–water partition coefficient (Wildman–Crippen LogP) is 3.86. The van der Waals surface area contributed by atoms with Gasteiger partial charge in [-0.25, -0.2) is 4.98 Å². The lowest BCUT2D eigenvalue weighted by Crippen LogP contribution is -2.30. The van der Waals surface area contributed by atoms with Gasteiger partial charge in [-0.15, -0.1) is 0 Å². The van der Waals surface area contributed by atoms with Crippen LogP contribution in [-0.2, 0) is 4.74 Å². The summed E-state index contributed by atoms with van der Waals surface area (Å²) >= 11 is 6.20. The van der Waals surface area contributed by atoms with E-state index in [1.807, 2.05) is 37.3 Å². The summed E-state index contributed by atoms with van der Waals surface area (Å²) in [4.78, 5) is 17.3. The number of nitrogens with one attached hydrogen (secondary N) is 2. The van der Waals surface area contributed by atoms with Crippen LogP contribution in [0.25, 0.3) is 10.8 Å². The molecule has 30 heavy (non-hydrogen) atoms. The van der Waals surface area contributed by atoms with Crippen molar-refractivity contribution in [3.8, 4) is 0 Å². The Kier molecular flexibility index (Phi) is 6.18. The monoisotopic (exact) mass is 425 g/mol. The van der Waals surface area contributed by atoms with Crippen LogP contribution in [-0.4, -0.2) is 41.9 Å². The summed E-state index contributed by atoms with van der Waals surface area (Å²) in [6, 6.07) is 12.6. The van der Waals surface area contributed by atoms with E-state index in [0.29, 0.717) is 17.2 Å². The lowest BCUT2D eigenvalue weighted by molar-refractivity contribution is 0.0916. The Bertz CT molecular complexity index is 1070. The molecule has 2 heterocycles. The van der Waals surface area contributed by atoms with Gasteiger partial charge in [0.05, 0.1) is 25.3 Å². The fraction of sp³-hybridized carbons (Fsp3) is 0.304. The zero-order valence-corrected chi connectivity index (χ0v) is 17.4. The number of amides is 1. The zero-order chi connectivity index (χ0) is 21.1. The van der Waals surface area contributed by atoms with Crippen LogP contribution in [0.5, 0.6) is 0 Å². The van der Waals surface area contributed by atoms with E-state index in [4.69, 9.17) is 16.3 Å². The van der Waals surface area contributed by atoms with Crippen LogP contribution in [0, 0.1) is 6.92 Å². The number of nitrogens with zero attached hydrogens (tertiary/aromatic N) is 1. The van der Waals surface area contributed by atoms with Crippen molar-refractivity contribution in [3.05, 3.63) is 70.4 Å². The fourth-order valence-corrected chi connectivity index (χ4v) is 3.71. The van der Waals surface area contributed by atoms with Gasteiger partial charge in [0, 0.05) is 28.8 Å². The van der Waals surface area contributed by atoms with E-state index >= 15 is 0 Å². The van der Waals surface area contributed by atoms with Crippen LogP contribution >= 0.6 is 11.6 Å². The largest absolute Gasteiger partial charge is 0.394 e. The highest BCUT2D eigenvalue weighted by atomic mass is 35.5. The molecule has 0 radical (unpaired) electrons. The van der Waals surface area contributed by atoms with Crippen molar-refractivity contribution in [3.63, 3.8) is 0 Å². The number of pyridine rings is 1. The third-order valence-electron chi connectivity index (χ3n) is 5.35. The zero-order valence-electron chi connectivity index (χ0n) is 16.7. The number of halogens is 1. The maximum Gasteiger partial charge on any atom is 0.251 e. The highest BCUT2D eigenvalue weighted by Crippen LogP contribution is 2.23. The van der Waals surface area contributed by atoms with Crippen molar-refractivity contribution >= 4 is 34.1 Å². The van der Waals surface area contributed by atoms with Crippen LogP contribution in [0.4, 0.5) is 5.82 Å². The molecule has 1 amide bonds. The molecule has 1 aliphatic rings. The molecule has 0 spiro atoms. The number of aryl methyl sites for hydroxylation is 1. The van der Waals surface area contributed by atoms with E-state index in [9.17, 15) is 9.90 Å². The van der Waals surface area contributed by atoms with E-state index < -0.39 is 6.04 Å². The van der Waals surface area contributed by atoms with Gasteiger partial charge >= 0.3 is 0 Å². The first-order chi connectivity index (χ1) is 14.5. The fourth-order valence-electron chi connectivity index (χ4n) is 3.52. The summed E-state index contributed by atoms with van der Waals surface area (Å²) in [6.45, 7) is 3.12. The van der Waals surface area contributed by atoms with E-state index in [1.165, 1.54) is 0 Å². The van der Waals surface area contributed by atoms with Crippen molar-refractivity contribution < 1.29 is 14.6 Å². The smallest absolute Gasteiger partial charge is 0.251 e. The first-order valence-corrected chi connectivity index (χ1v) is 10.3. The number of anilines is 1. The van der Waals surface area contributed by atoms with Gasteiger partial charge in [0.1, 0.15) is 5.82 Å². The van der Waals surface area contributed by atoms with Crippen LogP contribution in [0.3, 0.4) is 0 Å². The average Bonchev–Trinajstić information content (AvgIpc) is 3.26. The minimum absolute atomic E-state index is 0.222. The molecule has 3 aromatic rings. The van der Waals surface area contributed by atoms with E-state index in [2.05, 4.69) is 15.6 Å². The first kappa shape index (κ1) is 20.6. The number of aromatic nitrogens is 1. The van der Waals surface area contributed by atoms with Crippen molar-refractivity contribution in [1.82, 2.24) is 10.3 Å². The number of rotatable bonds is 6. The van der Waals surface area contributed by atoms with Gasteiger partial charge in [-0.05, 0) is 54.1 Å². The summed E-state index contributed by atoms with van der Waals surface area (Å²) in [7, 11) is 0. The molecule has 6 nitrogen and oxygen atoms in total. The van der Waals surface area contributed by atoms with E-state index in [0.717, 1.165) is 40.7 Å². The Morgan fingerprint density at radius 3 is 2.87 bits per heavy atom. The number of aliphatic hydroxyl groups is 1. The molecule has 1 aliphatic heterocycles. The Morgan fingerprint density at radius 2 is 2.13 bits per heavy atom.